The second-order valence-corrected chi connectivity index (χ2v) is 12.1. The lowest BCUT2D eigenvalue weighted by atomic mass is 9.95. The number of aliphatic hydroxyl groups excluding tert-OH is 1. The van der Waals surface area contributed by atoms with Crippen LogP contribution in [0.5, 0.6) is 0 Å². The standard InChI is InChI=1S/C22H28F3N3O4S2/c1-21(30,22(23,24)25)16-4-6-17(7-5-16)28-11-10-27(34(31,32)20-3-2-12-33-20)14-18(28)13-26-9-8-19(29)15-26/h2-7,12,18-19,29-30H,8-11,13-15H2,1H3. The number of β-amino-alcohol motifs (C(OH)–C–C–N with tert-alkyl or cyclic N) is 1. The third kappa shape index (κ3) is 4.98. The van der Waals surface area contributed by atoms with Crippen LogP contribution in [-0.2, 0) is 15.6 Å². The summed E-state index contributed by atoms with van der Waals surface area (Å²) in [5.74, 6) is 0. The van der Waals surface area contributed by atoms with Gasteiger partial charge in [0.05, 0.1) is 12.1 Å². The molecule has 0 amide bonds. The summed E-state index contributed by atoms with van der Waals surface area (Å²) in [4.78, 5) is 4.07. The Hall–Kier alpha value is -1.70. The fraction of sp³-hybridized carbons (Fsp3) is 0.545. The number of sulfonamides is 1. The monoisotopic (exact) mass is 519 g/mol. The highest BCUT2D eigenvalue weighted by Gasteiger charge is 2.51. The zero-order valence-electron chi connectivity index (χ0n) is 18.6. The van der Waals surface area contributed by atoms with Gasteiger partial charge in [0.1, 0.15) is 4.21 Å². The molecule has 2 saturated heterocycles. The molecule has 0 spiro atoms. The number of aliphatic hydroxyl groups is 2. The van der Waals surface area contributed by atoms with Gasteiger partial charge in [0.25, 0.3) is 10.0 Å². The molecule has 0 radical (unpaired) electrons. The van der Waals surface area contributed by atoms with E-state index >= 15 is 0 Å². The first-order valence-corrected chi connectivity index (χ1v) is 13.3. The van der Waals surface area contributed by atoms with Crippen LogP contribution in [0, 0.1) is 0 Å². The van der Waals surface area contributed by atoms with E-state index < -0.39 is 27.9 Å². The number of hydrogen-bond acceptors (Lipinski definition) is 7. The van der Waals surface area contributed by atoms with Crippen molar-refractivity contribution in [2.24, 2.45) is 0 Å². The molecule has 1 aromatic heterocycles. The Morgan fingerprint density at radius 1 is 1.09 bits per heavy atom. The second kappa shape index (κ2) is 9.40. The molecule has 2 aromatic rings. The van der Waals surface area contributed by atoms with Crippen LogP contribution in [0.1, 0.15) is 18.9 Å². The van der Waals surface area contributed by atoms with Crippen LogP contribution in [0.15, 0.2) is 46.0 Å². The van der Waals surface area contributed by atoms with Gasteiger partial charge in [-0.2, -0.15) is 17.5 Å². The highest BCUT2D eigenvalue weighted by Crippen LogP contribution is 2.39. The molecule has 0 saturated carbocycles. The van der Waals surface area contributed by atoms with Crippen LogP contribution < -0.4 is 4.90 Å². The van der Waals surface area contributed by atoms with Crippen LogP contribution in [0.3, 0.4) is 0 Å². The molecule has 3 atom stereocenters. The predicted molar refractivity (Wildman–Crippen MR) is 123 cm³/mol. The second-order valence-electron chi connectivity index (χ2n) is 8.96. The highest BCUT2D eigenvalue weighted by molar-refractivity contribution is 7.91. The van der Waals surface area contributed by atoms with E-state index in [0.717, 1.165) is 18.3 Å². The summed E-state index contributed by atoms with van der Waals surface area (Å²) in [6, 6.07) is 8.58. The molecule has 3 heterocycles. The van der Waals surface area contributed by atoms with E-state index in [9.17, 15) is 31.8 Å². The van der Waals surface area contributed by atoms with Crippen molar-refractivity contribution in [3.63, 3.8) is 0 Å². The number of benzene rings is 1. The SMILES string of the molecule is CC(O)(c1ccc(N2CCN(S(=O)(=O)c3cccs3)CC2CN2CCC(O)C2)cc1)C(F)(F)F. The highest BCUT2D eigenvalue weighted by atomic mass is 32.2. The van der Waals surface area contributed by atoms with Crippen molar-refractivity contribution >= 4 is 27.0 Å². The molecule has 2 aliphatic rings. The van der Waals surface area contributed by atoms with Gasteiger partial charge in [-0.05, 0) is 42.5 Å². The minimum absolute atomic E-state index is 0.217. The van der Waals surface area contributed by atoms with Crippen molar-refractivity contribution in [1.29, 1.82) is 0 Å². The number of piperazine rings is 1. The van der Waals surface area contributed by atoms with Crippen molar-refractivity contribution in [2.75, 3.05) is 44.2 Å². The largest absolute Gasteiger partial charge is 0.421 e. The molecule has 0 bridgehead atoms. The Bertz CT molecular complexity index is 1080. The molecule has 2 aliphatic heterocycles. The maximum atomic E-state index is 13.2. The number of halogens is 3. The molecule has 4 rings (SSSR count). The van der Waals surface area contributed by atoms with Gasteiger partial charge in [0.15, 0.2) is 5.60 Å². The topological polar surface area (TPSA) is 84.3 Å². The number of likely N-dealkylation sites (tertiary alicyclic amines) is 1. The fourth-order valence-electron chi connectivity index (χ4n) is 4.50. The third-order valence-corrected chi connectivity index (χ3v) is 9.80. The number of thiophene rings is 1. The number of anilines is 1. The van der Waals surface area contributed by atoms with Crippen molar-refractivity contribution in [3.05, 3.63) is 47.3 Å². The molecule has 0 aliphatic carbocycles. The van der Waals surface area contributed by atoms with E-state index in [1.165, 1.54) is 28.6 Å². The van der Waals surface area contributed by atoms with Gasteiger partial charge in [-0.15, -0.1) is 11.3 Å². The third-order valence-electron chi connectivity index (χ3n) is 6.56. The maximum Gasteiger partial charge on any atom is 0.421 e. The first kappa shape index (κ1) is 25.4. The summed E-state index contributed by atoms with van der Waals surface area (Å²) in [7, 11) is -3.64. The van der Waals surface area contributed by atoms with Crippen molar-refractivity contribution in [1.82, 2.24) is 9.21 Å². The fourth-order valence-corrected chi connectivity index (χ4v) is 7.11. The van der Waals surface area contributed by atoms with Crippen LogP contribution in [0.25, 0.3) is 0 Å². The van der Waals surface area contributed by atoms with Gasteiger partial charge in [-0.25, -0.2) is 8.42 Å². The zero-order chi connectivity index (χ0) is 24.7. The van der Waals surface area contributed by atoms with Gasteiger partial charge in [0, 0.05) is 45.0 Å². The Kier molecular flexibility index (Phi) is 7.02. The van der Waals surface area contributed by atoms with Crippen molar-refractivity contribution in [2.45, 2.75) is 41.5 Å². The number of hydrogen-bond donors (Lipinski definition) is 2. The minimum Gasteiger partial charge on any atom is -0.392 e. The minimum atomic E-state index is -4.81. The molecule has 34 heavy (non-hydrogen) atoms. The van der Waals surface area contributed by atoms with Gasteiger partial charge >= 0.3 is 6.18 Å². The Labute approximate surface area is 201 Å². The Morgan fingerprint density at radius 2 is 1.79 bits per heavy atom. The maximum absolute atomic E-state index is 13.2. The molecular formula is C22H28F3N3O4S2. The summed E-state index contributed by atoms with van der Waals surface area (Å²) >= 11 is 1.16. The molecule has 1 aromatic carbocycles. The average Bonchev–Trinajstić information content (AvgIpc) is 3.45. The van der Waals surface area contributed by atoms with Crippen LogP contribution in [-0.4, -0.2) is 85.4 Å². The van der Waals surface area contributed by atoms with Crippen LogP contribution >= 0.6 is 11.3 Å². The predicted octanol–water partition coefficient (Wildman–Crippen LogP) is 2.46. The van der Waals surface area contributed by atoms with Crippen molar-refractivity contribution < 1.29 is 31.8 Å². The molecule has 3 unspecified atom stereocenters. The molecular weight excluding hydrogens is 491 g/mol. The first-order chi connectivity index (χ1) is 15.9. The summed E-state index contributed by atoms with van der Waals surface area (Å²) in [6.45, 7) is 3.23. The number of nitrogens with zero attached hydrogens (tertiary/aromatic N) is 3. The summed E-state index contributed by atoms with van der Waals surface area (Å²) in [5.41, 5.74) is -2.58. The summed E-state index contributed by atoms with van der Waals surface area (Å²) < 4.78 is 67.6. The van der Waals surface area contributed by atoms with Crippen LogP contribution in [0.4, 0.5) is 18.9 Å². The quantitative estimate of drug-likeness (QED) is 0.610. The average molecular weight is 520 g/mol. The van der Waals surface area contributed by atoms with E-state index in [1.54, 1.807) is 17.5 Å². The van der Waals surface area contributed by atoms with E-state index in [2.05, 4.69) is 4.90 Å². The lowest BCUT2D eigenvalue weighted by molar-refractivity contribution is -0.258. The molecule has 12 heteroatoms. The van der Waals surface area contributed by atoms with Gasteiger partial charge in [0.2, 0.25) is 0 Å². The van der Waals surface area contributed by atoms with Gasteiger partial charge in [-0.1, -0.05) is 18.2 Å². The Morgan fingerprint density at radius 3 is 2.35 bits per heavy atom. The van der Waals surface area contributed by atoms with Crippen LogP contribution in [0.2, 0.25) is 0 Å². The van der Waals surface area contributed by atoms with E-state index in [-0.39, 0.29) is 28.9 Å². The first-order valence-electron chi connectivity index (χ1n) is 11.0. The van der Waals surface area contributed by atoms with E-state index in [1.807, 2.05) is 4.90 Å². The number of rotatable bonds is 6. The lowest BCUT2D eigenvalue weighted by Crippen LogP contribution is -2.58. The molecule has 2 fully saturated rings. The smallest absolute Gasteiger partial charge is 0.392 e. The molecule has 188 valence electrons. The normalized spacial score (nSPS) is 24.9. The molecule has 2 N–H and O–H groups in total. The van der Waals surface area contributed by atoms with Gasteiger partial charge < -0.3 is 15.1 Å². The molecule has 7 nitrogen and oxygen atoms in total. The van der Waals surface area contributed by atoms with E-state index in [0.29, 0.717) is 38.3 Å². The summed E-state index contributed by atoms with van der Waals surface area (Å²) in [5, 5.41) is 21.6. The number of alkyl halides is 3. The Balaban J connectivity index is 1.58. The zero-order valence-corrected chi connectivity index (χ0v) is 20.3. The summed E-state index contributed by atoms with van der Waals surface area (Å²) in [6.07, 6.45) is -4.59. The van der Waals surface area contributed by atoms with E-state index in [4.69, 9.17) is 0 Å². The lowest BCUT2D eigenvalue weighted by Gasteiger charge is -2.43. The van der Waals surface area contributed by atoms with Gasteiger partial charge in [-0.3, -0.25) is 4.90 Å². The van der Waals surface area contributed by atoms with Crippen molar-refractivity contribution in [3.8, 4) is 0 Å².